The lowest BCUT2D eigenvalue weighted by atomic mass is 9.95. The number of hydrogen-bond acceptors (Lipinski definition) is 2. The van der Waals surface area contributed by atoms with Crippen molar-refractivity contribution in [1.82, 2.24) is 9.78 Å². The van der Waals surface area contributed by atoms with E-state index in [2.05, 4.69) is 43.2 Å². The Balaban J connectivity index is 2.28. The number of rotatable bonds is 4. The number of aryl methyl sites for hydroxylation is 2. The lowest BCUT2D eigenvalue weighted by Crippen LogP contribution is -2.12. The van der Waals surface area contributed by atoms with E-state index >= 15 is 0 Å². The predicted octanol–water partition coefficient (Wildman–Crippen LogP) is 2.98. The summed E-state index contributed by atoms with van der Waals surface area (Å²) in [5.41, 5.74) is 11.0. The lowest BCUT2D eigenvalue weighted by Gasteiger charge is -2.13. The molecule has 2 rings (SSSR count). The zero-order valence-electron chi connectivity index (χ0n) is 12.2. The minimum Gasteiger partial charge on any atom is -0.320 e. The van der Waals surface area contributed by atoms with Crippen LogP contribution in [0, 0.1) is 12.8 Å². The van der Waals surface area contributed by atoms with Crippen LogP contribution >= 0.6 is 0 Å². The molecule has 1 aromatic heterocycles. The van der Waals surface area contributed by atoms with Gasteiger partial charge in [0.2, 0.25) is 0 Å². The van der Waals surface area contributed by atoms with Crippen molar-refractivity contribution < 1.29 is 0 Å². The van der Waals surface area contributed by atoms with Crippen LogP contribution in [0.3, 0.4) is 0 Å². The maximum atomic E-state index is 6.38. The second kappa shape index (κ2) is 5.57. The summed E-state index contributed by atoms with van der Waals surface area (Å²) in [5, 5.41) is 4.37. The maximum absolute atomic E-state index is 6.38. The fraction of sp³-hybridized carbons (Fsp3) is 0.438. The molecule has 0 aliphatic heterocycles. The fourth-order valence-electron chi connectivity index (χ4n) is 2.49. The van der Waals surface area contributed by atoms with Gasteiger partial charge in [-0.1, -0.05) is 38.1 Å². The van der Waals surface area contributed by atoms with Gasteiger partial charge in [-0.3, -0.25) is 4.68 Å². The molecule has 0 saturated carbocycles. The molecule has 2 N–H and O–H groups in total. The van der Waals surface area contributed by atoms with E-state index < -0.39 is 0 Å². The van der Waals surface area contributed by atoms with Crippen molar-refractivity contribution in [3.05, 3.63) is 52.8 Å². The average Bonchev–Trinajstić information content (AvgIpc) is 2.67. The van der Waals surface area contributed by atoms with Crippen LogP contribution in [-0.4, -0.2) is 9.78 Å². The molecule has 1 aromatic carbocycles. The highest BCUT2D eigenvalue weighted by molar-refractivity contribution is 5.34. The van der Waals surface area contributed by atoms with Crippen LogP contribution in [0.25, 0.3) is 0 Å². The van der Waals surface area contributed by atoms with Gasteiger partial charge in [-0.05, 0) is 30.4 Å². The first-order valence-electron chi connectivity index (χ1n) is 6.82. The molecular weight excluding hydrogens is 234 g/mol. The highest BCUT2D eigenvalue weighted by Crippen LogP contribution is 2.23. The first-order chi connectivity index (χ1) is 8.97. The van der Waals surface area contributed by atoms with Gasteiger partial charge in [0.25, 0.3) is 0 Å². The normalized spacial score (nSPS) is 12.9. The molecule has 0 bridgehead atoms. The molecule has 0 aliphatic carbocycles. The van der Waals surface area contributed by atoms with Gasteiger partial charge < -0.3 is 5.73 Å². The van der Waals surface area contributed by atoms with E-state index in [0.717, 1.165) is 23.2 Å². The van der Waals surface area contributed by atoms with Crippen LogP contribution < -0.4 is 5.73 Å². The predicted molar refractivity (Wildman–Crippen MR) is 79.0 cm³/mol. The summed E-state index contributed by atoms with van der Waals surface area (Å²) in [6, 6.07) is 8.49. The van der Waals surface area contributed by atoms with E-state index in [9.17, 15) is 0 Å². The molecule has 0 fully saturated rings. The van der Waals surface area contributed by atoms with E-state index in [1.807, 2.05) is 24.9 Å². The maximum Gasteiger partial charge on any atom is 0.0644 e. The van der Waals surface area contributed by atoms with Crippen molar-refractivity contribution in [3.63, 3.8) is 0 Å². The molecule has 0 radical (unpaired) electrons. The summed E-state index contributed by atoms with van der Waals surface area (Å²) in [6.45, 7) is 6.48. The van der Waals surface area contributed by atoms with E-state index in [-0.39, 0.29) is 6.04 Å². The molecule has 1 unspecified atom stereocenters. The molecule has 1 heterocycles. The molecule has 0 aliphatic rings. The van der Waals surface area contributed by atoms with Gasteiger partial charge >= 0.3 is 0 Å². The third kappa shape index (κ3) is 3.24. The summed E-state index contributed by atoms with van der Waals surface area (Å²) >= 11 is 0. The van der Waals surface area contributed by atoms with Gasteiger partial charge in [-0.2, -0.15) is 5.10 Å². The van der Waals surface area contributed by atoms with Crippen LogP contribution in [0.15, 0.2) is 30.5 Å². The molecule has 2 aromatic rings. The minimum absolute atomic E-state index is 0.0965. The van der Waals surface area contributed by atoms with Crippen LogP contribution in [0.4, 0.5) is 0 Å². The smallest absolute Gasteiger partial charge is 0.0644 e. The summed E-state index contributed by atoms with van der Waals surface area (Å²) in [5.74, 6) is 0.659. The van der Waals surface area contributed by atoms with E-state index in [4.69, 9.17) is 5.73 Å². The number of hydrogen-bond donors (Lipinski definition) is 1. The average molecular weight is 257 g/mol. The summed E-state index contributed by atoms with van der Waals surface area (Å²) in [6.07, 6.45) is 3.10. The van der Waals surface area contributed by atoms with Crippen LogP contribution in [-0.2, 0) is 13.5 Å². The first kappa shape index (κ1) is 13.8. The van der Waals surface area contributed by atoms with Gasteiger partial charge in [-0.25, -0.2) is 0 Å². The highest BCUT2D eigenvalue weighted by atomic mass is 15.2. The molecule has 1 atom stereocenters. The van der Waals surface area contributed by atoms with Crippen LogP contribution in [0.5, 0.6) is 0 Å². The topological polar surface area (TPSA) is 43.8 Å². The van der Waals surface area contributed by atoms with Gasteiger partial charge in [-0.15, -0.1) is 0 Å². The quantitative estimate of drug-likeness (QED) is 0.915. The Morgan fingerprint density at radius 1 is 1.32 bits per heavy atom. The number of benzene rings is 1. The zero-order chi connectivity index (χ0) is 14.0. The molecule has 3 nitrogen and oxygen atoms in total. The van der Waals surface area contributed by atoms with E-state index in [0.29, 0.717) is 5.92 Å². The van der Waals surface area contributed by atoms with Crippen LogP contribution in [0.2, 0.25) is 0 Å². The number of aromatic nitrogens is 2. The summed E-state index contributed by atoms with van der Waals surface area (Å²) in [7, 11) is 1.93. The summed E-state index contributed by atoms with van der Waals surface area (Å²) in [4.78, 5) is 0. The van der Waals surface area contributed by atoms with Gasteiger partial charge in [0, 0.05) is 18.8 Å². The zero-order valence-corrected chi connectivity index (χ0v) is 12.2. The second-order valence-electron chi connectivity index (χ2n) is 5.66. The lowest BCUT2D eigenvalue weighted by molar-refractivity contribution is 0.646. The highest BCUT2D eigenvalue weighted by Gasteiger charge is 2.14. The molecule has 102 valence electrons. The van der Waals surface area contributed by atoms with Crippen molar-refractivity contribution in [3.8, 4) is 0 Å². The standard InChI is InChI=1S/C16H23N3/c1-11(2)8-13-6-5-7-14(9-13)16(17)15-10-19(4)18-12(15)3/h5-7,9-11,16H,8,17H2,1-4H3. The molecule has 19 heavy (non-hydrogen) atoms. The minimum atomic E-state index is -0.0965. The van der Waals surface area contributed by atoms with Gasteiger partial charge in [0.15, 0.2) is 0 Å². The largest absolute Gasteiger partial charge is 0.320 e. The van der Waals surface area contributed by atoms with Crippen molar-refractivity contribution in [2.24, 2.45) is 18.7 Å². The Morgan fingerprint density at radius 3 is 2.63 bits per heavy atom. The monoisotopic (exact) mass is 257 g/mol. The van der Waals surface area contributed by atoms with Crippen molar-refractivity contribution in [2.45, 2.75) is 33.2 Å². The molecule has 0 spiro atoms. The van der Waals surface area contributed by atoms with E-state index in [1.165, 1.54) is 5.56 Å². The number of nitrogens with zero attached hydrogens (tertiary/aromatic N) is 2. The Bertz CT molecular complexity index is 555. The van der Waals surface area contributed by atoms with E-state index in [1.54, 1.807) is 0 Å². The third-order valence-electron chi connectivity index (χ3n) is 3.34. The van der Waals surface area contributed by atoms with Gasteiger partial charge in [0.05, 0.1) is 11.7 Å². The second-order valence-corrected chi connectivity index (χ2v) is 5.66. The van der Waals surface area contributed by atoms with Crippen LogP contribution in [0.1, 0.15) is 42.3 Å². The Kier molecular flexibility index (Phi) is 4.05. The molecule has 0 saturated heterocycles. The Labute approximate surface area is 115 Å². The van der Waals surface area contributed by atoms with Gasteiger partial charge in [0.1, 0.15) is 0 Å². The van der Waals surface area contributed by atoms with Crippen molar-refractivity contribution in [2.75, 3.05) is 0 Å². The first-order valence-corrected chi connectivity index (χ1v) is 6.82. The third-order valence-corrected chi connectivity index (χ3v) is 3.34. The SMILES string of the molecule is Cc1nn(C)cc1C(N)c1cccc(CC(C)C)c1. The number of nitrogens with two attached hydrogens (primary N) is 1. The van der Waals surface area contributed by atoms with Crippen molar-refractivity contribution >= 4 is 0 Å². The molecular formula is C16H23N3. The summed E-state index contributed by atoms with van der Waals surface area (Å²) < 4.78 is 1.82. The Morgan fingerprint density at radius 2 is 2.05 bits per heavy atom. The van der Waals surface area contributed by atoms with Crippen molar-refractivity contribution in [1.29, 1.82) is 0 Å². The fourth-order valence-corrected chi connectivity index (χ4v) is 2.49. The molecule has 3 heteroatoms. The Hall–Kier alpha value is -1.61. The molecule has 0 amide bonds.